The molecule has 0 bridgehead atoms. The molecule has 0 saturated carbocycles. The number of likely N-dealkylation sites (N-methyl/N-ethyl adjacent to an activating group) is 1. The van der Waals surface area contributed by atoms with Crippen molar-refractivity contribution in [1.82, 2.24) is 31.3 Å². The predicted molar refractivity (Wildman–Crippen MR) is 153 cm³/mol. The number of fused-ring (bicyclic) bond motifs is 1. The van der Waals surface area contributed by atoms with Gasteiger partial charge in [0.2, 0.25) is 17.7 Å². The van der Waals surface area contributed by atoms with E-state index >= 15 is 0 Å². The highest BCUT2D eigenvalue weighted by atomic mass is 32.2. The molecule has 2 fully saturated rings. The summed E-state index contributed by atoms with van der Waals surface area (Å²) < 4.78 is 17.2. The molecular weight excluding hydrogens is 546 g/mol. The van der Waals surface area contributed by atoms with Crippen molar-refractivity contribution in [1.29, 1.82) is 0 Å². The molecule has 2 heterocycles. The van der Waals surface area contributed by atoms with Gasteiger partial charge < -0.3 is 31.1 Å². The fraction of sp³-hybridized carbons (Fsp3) is 0.826. The first-order valence-electron chi connectivity index (χ1n) is 13.8. The maximum Gasteiger partial charge on any atom is 0.402 e. The quantitative estimate of drug-likeness (QED) is 0.0482. The molecule has 0 spiro atoms. The largest absolute Gasteiger partial charge is 0.402 e. The highest BCUT2D eigenvalue weighted by Gasteiger charge is 2.42. The van der Waals surface area contributed by atoms with Gasteiger partial charge in [-0.25, -0.2) is 14.4 Å². The van der Waals surface area contributed by atoms with Crippen LogP contribution in [0.15, 0.2) is 0 Å². The Morgan fingerprint density at radius 2 is 1.90 bits per heavy atom. The highest BCUT2D eigenvalue weighted by Crippen LogP contribution is 2.36. The smallest absolute Gasteiger partial charge is 0.358 e. The number of hydrogen-bond donors (Lipinski definition) is 6. The summed E-state index contributed by atoms with van der Waals surface area (Å²) in [7, 11) is -0.837. The number of rotatable bonds is 20. The van der Waals surface area contributed by atoms with Crippen LogP contribution in [0.4, 0.5) is 4.79 Å². The highest BCUT2D eigenvalue weighted by molar-refractivity contribution is 8.00. The third kappa shape index (κ3) is 12.9. The molecule has 2 aliphatic rings. The molecule has 4 atom stereocenters. The molecule has 0 aliphatic carbocycles. The van der Waals surface area contributed by atoms with Gasteiger partial charge in [0.1, 0.15) is 7.85 Å². The maximum absolute atomic E-state index is 12.1. The van der Waals surface area contributed by atoms with Crippen molar-refractivity contribution < 1.29 is 33.2 Å². The SMILES string of the molecule is BCC(=O)N(CCNP(=O)(O)OCCCCCCNC(=O)CCCCC1SCC2NC(=O)NC21)CC(=O)NC. The molecule has 0 aromatic heterocycles. The van der Waals surface area contributed by atoms with Crippen LogP contribution in [0.25, 0.3) is 0 Å². The second-order valence-corrected chi connectivity index (χ2v) is 12.6. The lowest BCUT2D eigenvalue weighted by atomic mass is 10.0. The van der Waals surface area contributed by atoms with E-state index in [-0.39, 0.29) is 68.4 Å². The van der Waals surface area contributed by atoms with E-state index < -0.39 is 7.75 Å². The van der Waals surface area contributed by atoms with Crippen LogP contribution in [0.3, 0.4) is 0 Å². The van der Waals surface area contributed by atoms with Crippen LogP contribution in [0, 0.1) is 0 Å². The molecule has 6 N–H and O–H groups in total. The number of carbonyl (C=O) groups excluding carboxylic acids is 4. The van der Waals surface area contributed by atoms with E-state index in [9.17, 15) is 28.6 Å². The molecule has 13 nitrogen and oxygen atoms in total. The summed E-state index contributed by atoms with van der Waals surface area (Å²) >= 11 is 1.88. The molecule has 2 saturated heterocycles. The predicted octanol–water partition coefficient (Wildman–Crippen LogP) is -0.279. The van der Waals surface area contributed by atoms with E-state index in [1.54, 1.807) is 7.85 Å². The van der Waals surface area contributed by atoms with Crippen molar-refractivity contribution in [2.75, 3.05) is 45.6 Å². The first-order valence-corrected chi connectivity index (χ1v) is 16.4. The second kappa shape index (κ2) is 17.8. The molecule has 5 amide bonds. The van der Waals surface area contributed by atoms with Crippen molar-refractivity contribution in [2.24, 2.45) is 0 Å². The van der Waals surface area contributed by atoms with E-state index in [0.29, 0.717) is 24.6 Å². The molecular formula is C23H44BN6O7PS. The molecule has 222 valence electrons. The summed E-state index contributed by atoms with van der Waals surface area (Å²) in [5.74, 6) is 0.459. The van der Waals surface area contributed by atoms with Crippen molar-refractivity contribution >= 4 is 51.1 Å². The summed E-state index contributed by atoms with van der Waals surface area (Å²) in [6.07, 6.45) is 6.60. The minimum absolute atomic E-state index is 0.0203. The van der Waals surface area contributed by atoms with Crippen LogP contribution >= 0.6 is 19.5 Å². The van der Waals surface area contributed by atoms with Crippen LogP contribution in [0.1, 0.15) is 51.4 Å². The second-order valence-electron chi connectivity index (χ2n) is 9.74. The van der Waals surface area contributed by atoms with Crippen molar-refractivity contribution in [3.05, 3.63) is 0 Å². The van der Waals surface area contributed by atoms with Crippen molar-refractivity contribution in [3.8, 4) is 0 Å². The summed E-state index contributed by atoms with van der Waals surface area (Å²) in [6.45, 7) is 0.735. The summed E-state index contributed by atoms with van der Waals surface area (Å²) in [4.78, 5) is 58.2. The molecule has 0 aromatic rings. The first kappa shape index (κ1) is 33.4. The monoisotopic (exact) mass is 590 g/mol. The number of nitrogens with one attached hydrogen (secondary N) is 5. The van der Waals surface area contributed by atoms with Crippen LogP contribution in [0.2, 0.25) is 6.32 Å². The summed E-state index contributed by atoms with van der Waals surface area (Å²) in [5.41, 5.74) is 0. The Morgan fingerprint density at radius 3 is 2.64 bits per heavy atom. The van der Waals surface area contributed by atoms with Gasteiger partial charge in [0, 0.05) is 44.1 Å². The van der Waals surface area contributed by atoms with Crippen LogP contribution in [0.5, 0.6) is 0 Å². The minimum atomic E-state index is -4.00. The zero-order valence-electron chi connectivity index (χ0n) is 23.0. The third-order valence-electron chi connectivity index (χ3n) is 6.70. The Bertz CT molecular complexity index is 873. The van der Waals surface area contributed by atoms with Crippen LogP contribution in [-0.2, 0) is 23.5 Å². The molecule has 4 unspecified atom stereocenters. The zero-order valence-corrected chi connectivity index (χ0v) is 24.7. The fourth-order valence-electron chi connectivity index (χ4n) is 4.50. The lowest BCUT2D eigenvalue weighted by molar-refractivity contribution is -0.134. The summed E-state index contributed by atoms with van der Waals surface area (Å²) in [6, 6.07) is 0.361. The lowest BCUT2D eigenvalue weighted by Crippen LogP contribution is -2.42. The van der Waals surface area contributed by atoms with Crippen LogP contribution < -0.4 is 26.4 Å². The average Bonchev–Trinajstić information content (AvgIpc) is 3.45. The molecule has 2 aliphatic heterocycles. The van der Waals surface area contributed by atoms with E-state index in [1.807, 2.05) is 11.8 Å². The fourth-order valence-corrected chi connectivity index (χ4v) is 6.89. The van der Waals surface area contributed by atoms with Gasteiger partial charge >= 0.3 is 13.8 Å². The molecule has 39 heavy (non-hydrogen) atoms. The summed E-state index contributed by atoms with van der Waals surface area (Å²) in [5, 5.41) is 14.2. The van der Waals surface area contributed by atoms with E-state index in [1.165, 1.54) is 11.9 Å². The minimum Gasteiger partial charge on any atom is -0.358 e. The van der Waals surface area contributed by atoms with Gasteiger partial charge in [-0.2, -0.15) is 11.8 Å². The number of nitrogens with zero attached hydrogens (tertiary/aromatic N) is 1. The Balaban J connectivity index is 1.43. The van der Waals surface area contributed by atoms with E-state index in [0.717, 1.165) is 44.3 Å². The Kier molecular flexibility index (Phi) is 15.3. The Hall–Kier alpha value is -1.80. The van der Waals surface area contributed by atoms with Gasteiger partial charge in [0.25, 0.3) is 0 Å². The Morgan fingerprint density at radius 1 is 1.13 bits per heavy atom. The number of urea groups is 1. The number of amides is 5. The van der Waals surface area contributed by atoms with Gasteiger partial charge in [-0.15, -0.1) is 0 Å². The van der Waals surface area contributed by atoms with Gasteiger partial charge in [0.15, 0.2) is 0 Å². The zero-order chi connectivity index (χ0) is 28.7. The number of unbranched alkanes of at least 4 members (excludes halogenated alkanes) is 4. The molecule has 2 rings (SSSR count). The maximum atomic E-state index is 12.1. The van der Waals surface area contributed by atoms with Crippen LogP contribution in [-0.4, -0.2) is 104 Å². The van der Waals surface area contributed by atoms with Gasteiger partial charge in [-0.3, -0.25) is 18.9 Å². The van der Waals surface area contributed by atoms with Crippen molar-refractivity contribution in [2.45, 2.75) is 75.0 Å². The average molecular weight is 590 g/mol. The standard InChI is InChI=1S/C23H44BN6O7PS/c1-25-20(32)15-30(21(33)14-24)12-11-27-38(35,36)37-13-7-3-2-6-10-26-19(31)9-5-4-8-18-22-17(16-39-18)28-23(34)29-22/h17-18,22H,2-16,24H2,1H3,(H,25,32)(H,26,31)(H2,27,35,36)(H2,28,29,34). The van der Waals surface area contributed by atoms with E-state index in [4.69, 9.17) is 4.52 Å². The molecule has 0 aromatic carbocycles. The number of carbonyl (C=O) groups is 4. The number of hydrogen-bond acceptors (Lipinski definition) is 7. The Labute approximate surface area is 236 Å². The van der Waals surface area contributed by atoms with Gasteiger partial charge in [-0.1, -0.05) is 19.3 Å². The topological polar surface area (TPSA) is 178 Å². The van der Waals surface area contributed by atoms with Crippen molar-refractivity contribution in [3.63, 3.8) is 0 Å². The van der Waals surface area contributed by atoms with Gasteiger partial charge in [-0.05, 0) is 32.0 Å². The lowest BCUT2D eigenvalue weighted by Gasteiger charge is -2.22. The molecule has 16 heteroatoms. The van der Waals surface area contributed by atoms with E-state index in [2.05, 4.69) is 26.4 Å². The van der Waals surface area contributed by atoms with Gasteiger partial charge in [0.05, 0.1) is 25.2 Å². The first-order chi connectivity index (χ1) is 18.6. The molecule has 0 radical (unpaired) electrons. The third-order valence-corrected chi connectivity index (χ3v) is 9.37. The number of thioether (sulfide) groups is 1. The normalized spacial score (nSPS) is 21.4.